The first-order valence-corrected chi connectivity index (χ1v) is 7.35. The molecule has 110 valence electrons. The summed E-state index contributed by atoms with van der Waals surface area (Å²) in [5.74, 6) is -1.20. The molecule has 0 saturated carbocycles. The average molecular weight is 318 g/mol. The second kappa shape index (κ2) is 8.14. The fourth-order valence-electron chi connectivity index (χ4n) is 1.45. The summed E-state index contributed by atoms with van der Waals surface area (Å²) >= 11 is 7.39. The minimum atomic E-state index is -1.28. The van der Waals surface area contributed by atoms with Crippen molar-refractivity contribution in [2.24, 2.45) is 0 Å². The first-order valence-electron chi connectivity index (χ1n) is 5.99. The Morgan fingerprint density at radius 2 is 2.05 bits per heavy atom. The summed E-state index contributed by atoms with van der Waals surface area (Å²) in [4.78, 5) is 23.3. The fourth-order valence-corrected chi connectivity index (χ4v) is 2.64. The Morgan fingerprint density at radius 1 is 1.40 bits per heavy atom. The molecule has 0 spiro atoms. The molecule has 5 nitrogen and oxygen atoms in total. The van der Waals surface area contributed by atoms with Crippen LogP contribution in [0.2, 0.25) is 5.02 Å². The van der Waals surface area contributed by atoms with Gasteiger partial charge in [0.1, 0.15) is 0 Å². The molecule has 0 aliphatic carbocycles. The standard InChI is InChI=1S/C13H16ClNO4S/c1-8(16)12(13(18)19)15-11(17)6-7-20-10-5-3-2-4-9(10)14/h2-5,8,12,16H,6-7H2,1H3,(H,15,17)(H,18,19)/t8-,12+/m1/s1. The van der Waals surface area contributed by atoms with Crippen LogP contribution in [0.5, 0.6) is 0 Å². The van der Waals surface area contributed by atoms with Gasteiger partial charge in [-0.1, -0.05) is 23.7 Å². The van der Waals surface area contributed by atoms with Gasteiger partial charge in [-0.05, 0) is 19.1 Å². The topological polar surface area (TPSA) is 86.6 Å². The van der Waals surface area contributed by atoms with E-state index in [2.05, 4.69) is 5.32 Å². The lowest BCUT2D eigenvalue weighted by molar-refractivity contribution is -0.144. The van der Waals surface area contributed by atoms with Crippen LogP contribution in [0.1, 0.15) is 13.3 Å². The molecule has 0 heterocycles. The Labute approximate surface area is 126 Å². The second-order valence-electron chi connectivity index (χ2n) is 4.15. The third-order valence-corrected chi connectivity index (χ3v) is 4.01. The smallest absolute Gasteiger partial charge is 0.328 e. The van der Waals surface area contributed by atoms with E-state index in [0.717, 1.165) is 4.90 Å². The molecule has 1 rings (SSSR count). The molecule has 2 atom stereocenters. The van der Waals surface area contributed by atoms with Crippen LogP contribution in [-0.2, 0) is 9.59 Å². The van der Waals surface area contributed by atoms with Crippen LogP contribution in [0.4, 0.5) is 0 Å². The second-order valence-corrected chi connectivity index (χ2v) is 5.70. The predicted molar refractivity (Wildman–Crippen MR) is 78.0 cm³/mol. The molecule has 0 radical (unpaired) electrons. The van der Waals surface area contributed by atoms with Gasteiger partial charge < -0.3 is 15.5 Å². The Morgan fingerprint density at radius 3 is 2.60 bits per heavy atom. The number of nitrogens with one attached hydrogen (secondary N) is 1. The SMILES string of the molecule is C[C@@H](O)[C@H](NC(=O)CCSc1ccccc1Cl)C(=O)O. The highest BCUT2D eigenvalue weighted by molar-refractivity contribution is 7.99. The van der Waals surface area contributed by atoms with Crippen molar-refractivity contribution >= 4 is 35.2 Å². The largest absolute Gasteiger partial charge is 0.480 e. The lowest BCUT2D eigenvalue weighted by Crippen LogP contribution is -2.47. The molecule has 0 saturated heterocycles. The van der Waals surface area contributed by atoms with E-state index in [9.17, 15) is 14.7 Å². The van der Waals surface area contributed by atoms with E-state index in [1.807, 2.05) is 18.2 Å². The zero-order chi connectivity index (χ0) is 15.1. The number of benzene rings is 1. The van der Waals surface area contributed by atoms with E-state index in [1.54, 1.807) is 6.07 Å². The molecule has 20 heavy (non-hydrogen) atoms. The van der Waals surface area contributed by atoms with Crippen molar-refractivity contribution in [2.45, 2.75) is 30.4 Å². The van der Waals surface area contributed by atoms with Gasteiger partial charge in [0, 0.05) is 17.1 Å². The number of hydrogen-bond acceptors (Lipinski definition) is 4. The third-order valence-electron chi connectivity index (χ3n) is 2.49. The van der Waals surface area contributed by atoms with E-state index in [1.165, 1.54) is 18.7 Å². The molecule has 1 aromatic carbocycles. The first-order chi connectivity index (χ1) is 9.41. The molecule has 0 fully saturated rings. The van der Waals surface area contributed by atoms with Gasteiger partial charge >= 0.3 is 5.97 Å². The molecular formula is C13H16ClNO4S. The maximum atomic E-state index is 11.6. The number of thioether (sulfide) groups is 1. The third kappa shape index (κ3) is 5.40. The molecule has 0 aliphatic rings. The van der Waals surface area contributed by atoms with Crippen LogP contribution in [0.3, 0.4) is 0 Å². The summed E-state index contributed by atoms with van der Waals surface area (Å²) in [6.07, 6.45) is -1.00. The summed E-state index contributed by atoms with van der Waals surface area (Å²) in [5.41, 5.74) is 0. The normalized spacial score (nSPS) is 13.6. The molecule has 0 bridgehead atoms. The lowest BCUT2D eigenvalue weighted by Gasteiger charge is -2.16. The van der Waals surface area contributed by atoms with Gasteiger partial charge in [-0.2, -0.15) is 0 Å². The molecule has 0 aliphatic heterocycles. The van der Waals surface area contributed by atoms with Crippen molar-refractivity contribution in [3.05, 3.63) is 29.3 Å². The summed E-state index contributed by atoms with van der Waals surface area (Å²) in [5, 5.41) is 21.0. The van der Waals surface area contributed by atoms with E-state index in [-0.39, 0.29) is 6.42 Å². The highest BCUT2D eigenvalue weighted by atomic mass is 35.5. The number of carboxylic acids is 1. The number of carbonyl (C=O) groups is 2. The van der Waals surface area contributed by atoms with Crippen molar-refractivity contribution in [3.8, 4) is 0 Å². The molecule has 0 aromatic heterocycles. The van der Waals surface area contributed by atoms with Crippen LogP contribution >= 0.6 is 23.4 Å². The number of carboxylic acid groups (broad SMARTS) is 1. The zero-order valence-corrected chi connectivity index (χ0v) is 12.4. The Kier molecular flexibility index (Phi) is 6.84. The summed E-state index contributed by atoms with van der Waals surface area (Å²) < 4.78 is 0. The van der Waals surface area contributed by atoms with Crippen LogP contribution in [-0.4, -0.2) is 40.0 Å². The summed E-state index contributed by atoms with van der Waals surface area (Å²) in [6.45, 7) is 1.32. The predicted octanol–water partition coefficient (Wildman–Crippen LogP) is 1.77. The van der Waals surface area contributed by atoms with Gasteiger partial charge in [0.15, 0.2) is 6.04 Å². The van der Waals surface area contributed by atoms with E-state index in [0.29, 0.717) is 10.8 Å². The number of carbonyl (C=O) groups excluding carboxylic acids is 1. The highest BCUT2D eigenvalue weighted by Crippen LogP contribution is 2.26. The quantitative estimate of drug-likeness (QED) is 0.667. The van der Waals surface area contributed by atoms with Crippen molar-refractivity contribution in [1.29, 1.82) is 0 Å². The van der Waals surface area contributed by atoms with Crippen LogP contribution in [0, 0.1) is 0 Å². The number of rotatable bonds is 7. The molecule has 3 N–H and O–H groups in total. The highest BCUT2D eigenvalue weighted by Gasteiger charge is 2.24. The van der Waals surface area contributed by atoms with Crippen molar-refractivity contribution in [3.63, 3.8) is 0 Å². The number of aliphatic hydroxyl groups excluding tert-OH is 1. The minimum absolute atomic E-state index is 0.145. The summed E-state index contributed by atoms with van der Waals surface area (Å²) in [7, 11) is 0. The zero-order valence-electron chi connectivity index (χ0n) is 10.9. The van der Waals surface area contributed by atoms with Gasteiger partial charge in [0.2, 0.25) is 5.91 Å². The van der Waals surface area contributed by atoms with Crippen molar-refractivity contribution in [1.82, 2.24) is 5.32 Å². The van der Waals surface area contributed by atoms with Crippen molar-refractivity contribution < 1.29 is 19.8 Å². The number of halogens is 1. The molecule has 7 heteroatoms. The maximum absolute atomic E-state index is 11.6. The number of hydrogen-bond donors (Lipinski definition) is 3. The molecule has 0 unspecified atom stereocenters. The Balaban J connectivity index is 2.40. The molecule has 1 amide bonds. The van der Waals surface area contributed by atoms with Gasteiger partial charge in [-0.25, -0.2) is 4.79 Å². The monoisotopic (exact) mass is 317 g/mol. The minimum Gasteiger partial charge on any atom is -0.480 e. The average Bonchev–Trinajstić information content (AvgIpc) is 2.37. The first kappa shape index (κ1) is 16.8. The van der Waals surface area contributed by atoms with Crippen molar-refractivity contribution in [2.75, 3.05) is 5.75 Å². The van der Waals surface area contributed by atoms with Crippen LogP contribution in [0.25, 0.3) is 0 Å². The van der Waals surface area contributed by atoms with Gasteiger partial charge in [-0.3, -0.25) is 4.79 Å². The Bertz CT molecular complexity index is 481. The molecule has 1 aromatic rings. The maximum Gasteiger partial charge on any atom is 0.328 e. The van der Waals surface area contributed by atoms with Crippen LogP contribution in [0.15, 0.2) is 29.2 Å². The van der Waals surface area contributed by atoms with E-state index in [4.69, 9.17) is 16.7 Å². The van der Waals surface area contributed by atoms with E-state index < -0.39 is 24.0 Å². The fraction of sp³-hybridized carbons (Fsp3) is 0.385. The number of amides is 1. The number of aliphatic hydroxyl groups is 1. The van der Waals surface area contributed by atoms with Gasteiger partial charge in [0.05, 0.1) is 11.1 Å². The van der Waals surface area contributed by atoms with Crippen LogP contribution < -0.4 is 5.32 Å². The lowest BCUT2D eigenvalue weighted by atomic mass is 10.2. The van der Waals surface area contributed by atoms with E-state index >= 15 is 0 Å². The summed E-state index contributed by atoms with van der Waals surface area (Å²) in [6, 6.07) is 5.99. The Hall–Kier alpha value is -1.24. The van der Waals surface area contributed by atoms with Gasteiger partial charge in [-0.15, -0.1) is 11.8 Å². The molecular weight excluding hydrogens is 302 g/mol. The number of aliphatic carboxylic acids is 1. The van der Waals surface area contributed by atoms with Gasteiger partial charge in [0.25, 0.3) is 0 Å².